The van der Waals surface area contributed by atoms with Crippen LogP contribution in [0.2, 0.25) is 0 Å². The van der Waals surface area contributed by atoms with E-state index in [1.165, 1.54) is 0 Å². The van der Waals surface area contributed by atoms with Crippen LogP contribution < -0.4 is 0 Å². The van der Waals surface area contributed by atoms with Gasteiger partial charge < -0.3 is 0 Å². The van der Waals surface area contributed by atoms with E-state index in [2.05, 4.69) is 6.92 Å². The molecule has 0 atom stereocenters. The third-order valence-corrected chi connectivity index (χ3v) is 1.62. The number of alkyl halides is 2. The zero-order valence-corrected chi connectivity index (χ0v) is 7.21. The maximum absolute atomic E-state index is 12.2. The summed E-state index contributed by atoms with van der Waals surface area (Å²) in [6, 6.07) is 0. The lowest BCUT2D eigenvalue weighted by molar-refractivity contribution is 0.0104. The number of unbranched alkanes of at least 4 members (excludes halogenated alkanes) is 4. The molecule has 0 saturated heterocycles. The number of hydrogen-bond donors (Lipinski definition) is 0. The van der Waals surface area contributed by atoms with Gasteiger partial charge in [-0.25, -0.2) is 8.78 Å². The summed E-state index contributed by atoms with van der Waals surface area (Å²) in [5.74, 6) is -2.47. The van der Waals surface area contributed by atoms with Gasteiger partial charge in [-0.2, -0.15) is 0 Å². The van der Waals surface area contributed by atoms with Crippen molar-refractivity contribution in [3.8, 4) is 0 Å². The van der Waals surface area contributed by atoms with Gasteiger partial charge in [0.1, 0.15) is 0 Å². The Morgan fingerprint density at radius 1 is 1.09 bits per heavy atom. The van der Waals surface area contributed by atoms with E-state index >= 15 is 0 Å². The molecule has 0 amide bonds. The summed E-state index contributed by atoms with van der Waals surface area (Å²) in [4.78, 5) is 0. The lowest BCUT2D eigenvalue weighted by atomic mass is 10.1. The molecule has 0 saturated carbocycles. The monoisotopic (exact) mass is 163 g/mol. The lowest BCUT2D eigenvalue weighted by Crippen LogP contribution is -2.08. The van der Waals surface area contributed by atoms with Crippen LogP contribution in [-0.4, -0.2) is 5.92 Å². The molecule has 0 aromatic heterocycles. The van der Waals surface area contributed by atoms with E-state index in [0.717, 1.165) is 32.6 Å². The first kappa shape index (κ1) is 10.9. The van der Waals surface area contributed by atoms with Gasteiger partial charge in [0.25, 0.3) is 0 Å². The van der Waals surface area contributed by atoms with Crippen molar-refractivity contribution in [2.45, 2.75) is 51.4 Å². The number of hydrogen-bond acceptors (Lipinski definition) is 0. The molecule has 0 aliphatic carbocycles. The van der Waals surface area contributed by atoms with Crippen LogP contribution in [0, 0.1) is 6.92 Å². The summed E-state index contributed by atoms with van der Waals surface area (Å²) in [5, 5.41) is 0. The highest BCUT2D eigenvalue weighted by atomic mass is 19.3. The van der Waals surface area contributed by atoms with Crippen molar-refractivity contribution >= 4 is 0 Å². The minimum absolute atomic E-state index is 0.0319. The highest BCUT2D eigenvalue weighted by Crippen LogP contribution is 2.20. The highest BCUT2D eigenvalue weighted by Gasteiger charge is 2.19. The normalized spacial score (nSPS) is 12.0. The van der Waals surface area contributed by atoms with E-state index in [-0.39, 0.29) is 6.42 Å². The van der Waals surface area contributed by atoms with Gasteiger partial charge in [0.05, 0.1) is 0 Å². The Balaban J connectivity index is 3.02. The Kier molecular flexibility index (Phi) is 5.43. The molecule has 1 radical (unpaired) electrons. The van der Waals surface area contributed by atoms with E-state index in [1.807, 2.05) is 0 Å². The minimum Gasteiger partial charge on any atom is -0.207 e. The Bertz CT molecular complexity index is 84.1. The van der Waals surface area contributed by atoms with E-state index in [1.54, 1.807) is 0 Å². The van der Waals surface area contributed by atoms with Crippen LogP contribution in [-0.2, 0) is 0 Å². The standard InChI is InChI=1S/C9H17F2/c1-3-4-5-6-7-8-9(2,10)11/h1,3-8H2,2H3. The summed E-state index contributed by atoms with van der Waals surface area (Å²) < 4.78 is 24.4. The zero-order valence-electron chi connectivity index (χ0n) is 7.21. The smallest absolute Gasteiger partial charge is 0.207 e. The van der Waals surface area contributed by atoms with Crippen molar-refractivity contribution in [2.75, 3.05) is 0 Å². The maximum Gasteiger partial charge on any atom is 0.245 e. The fourth-order valence-electron chi connectivity index (χ4n) is 0.966. The third-order valence-electron chi connectivity index (χ3n) is 1.62. The molecule has 2 heteroatoms. The van der Waals surface area contributed by atoms with Gasteiger partial charge in [0.15, 0.2) is 0 Å². The number of rotatable bonds is 6. The van der Waals surface area contributed by atoms with Gasteiger partial charge in [0.2, 0.25) is 5.92 Å². The SMILES string of the molecule is [CH2]CCCCCCC(C)(F)F. The molecule has 0 aliphatic rings. The highest BCUT2D eigenvalue weighted by molar-refractivity contribution is 4.57. The quantitative estimate of drug-likeness (QED) is 0.522. The Morgan fingerprint density at radius 3 is 2.09 bits per heavy atom. The first-order valence-corrected chi connectivity index (χ1v) is 4.23. The Labute approximate surface area is 68.0 Å². The molecule has 0 aromatic carbocycles. The lowest BCUT2D eigenvalue weighted by Gasteiger charge is -2.08. The molecule has 0 aliphatic heterocycles. The van der Waals surface area contributed by atoms with Crippen LogP contribution in [0.15, 0.2) is 0 Å². The van der Waals surface area contributed by atoms with Crippen molar-refractivity contribution in [2.24, 2.45) is 0 Å². The molecule has 0 unspecified atom stereocenters. The molecule has 0 N–H and O–H groups in total. The summed E-state index contributed by atoms with van der Waals surface area (Å²) in [7, 11) is 0. The molecule has 0 aromatic rings. The van der Waals surface area contributed by atoms with E-state index in [9.17, 15) is 8.78 Å². The van der Waals surface area contributed by atoms with Crippen molar-refractivity contribution in [3.05, 3.63) is 6.92 Å². The minimum atomic E-state index is -2.47. The Hall–Kier alpha value is -0.140. The summed E-state index contributed by atoms with van der Waals surface area (Å²) in [6.45, 7) is 4.66. The molecule has 0 fully saturated rings. The molecule has 0 rings (SSSR count). The Morgan fingerprint density at radius 2 is 1.64 bits per heavy atom. The first-order chi connectivity index (χ1) is 5.06. The summed E-state index contributed by atoms with van der Waals surface area (Å²) >= 11 is 0. The second kappa shape index (κ2) is 5.50. The van der Waals surface area contributed by atoms with Gasteiger partial charge in [-0.1, -0.05) is 32.6 Å². The van der Waals surface area contributed by atoms with Crippen LogP contribution in [0.4, 0.5) is 8.78 Å². The fraction of sp³-hybridized carbons (Fsp3) is 0.889. The van der Waals surface area contributed by atoms with Crippen LogP contribution in [0.1, 0.15) is 45.4 Å². The molecule has 0 spiro atoms. The van der Waals surface area contributed by atoms with Crippen molar-refractivity contribution in [1.29, 1.82) is 0 Å². The third kappa shape index (κ3) is 9.86. The van der Waals surface area contributed by atoms with Crippen LogP contribution in [0.5, 0.6) is 0 Å². The van der Waals surface area contributed by atoms with Gasteiger partial charge >= 0.3 is 0 Å². The van der Waals surface area contributed by atoms with Crippen molar-refractivity contribution < 1.29 is 8.78 Å². The van der Waals surface area contributed by atoms with Crippen molar-refractivity contribution in [1.82, 2.24) is 0 Å². The molecular formula is C9H17F2. The average Bonchev–Trinajstić information content (AvgIpc) is 1.85. The first-order valence-electron chi connectivity index (χ1n) is 4.23. The molecular weight excluding hydrogens is 146 g/mol. The average molecular weight is 163 g/mol. The molecule has 0 heterocycles. The molecule has 0 nitrogen and oxygen atoms in total. The maximum atomic E-state index is 12.2. The number of halogens is 2. The van der Waals surface area contributed by atoms with Gasteiger partial charge in [-0.3, -0.25) is 0 Å². The zero-order chi connectivity index (χ0) is 8.74. The summed E-state index contributed by atoms with van der Waals surface area (Å²) in [5.41, 5.74) is 0. The van der Waals surface area contributed by atoms with Crippen LogP contribution >= 0.6 is 0 Å². The van der Waals surface area contributed by atoms with Crippen LogP contribution in [0.25, 0.3) is 0 Å². The van der Waals surface area contributed by atoms with Gasteiger partial charge in [-0.15, -0.1) is 0 Å². The van der Waals surface area contributed by atoms with Crippen LogP contribution in [0.3, 0.4) is 0 Å². The second-order valence-electron chi connectivity index (χ2n) is 3.09. The molecule has 0 bridgehead atoms. The predicted octanol–water partition coefficient (Wildman–Crippen LogP) is 3.82. The second-order valence-corrected chi connectivity index (χ2v) is 3.09. The topological polar surface area (TPSA) is 0 Å². The predicted molar refractivity (Wildman–Crippen MR) is 43.7 cm³/mol. The molecule has 11 heavy (non-hydrogen) atoms. The summed E-state index contributed by atoms with van der Waals surface area (Å²) in [6.07, 6.45) is 4.62. The van der Waals surface area contributed by atoms with Gasteiger partial charge in [-0.05, 0) is 13.3 Å². The van der Waals surface area contributed by atoms with Crippen molar-refractivity contribution in [3.63, 3.8) is 0 Å². The largest absolute Gasteiger partial charge is 0.245 e. The molecule has 67 valence electrons. The van der Waals surface area contributed by atoms with E-state index in [4.69, 9.17) is 0 Å². The van der Waals surface area contributed by atoms with E-state index < -0.39 is 5.92 Å². The fourth-order valence-corrected chi connectivity index (χ4v) is 0.966. The van der Waals surface area contributed by atoms with E-state index in [0.29, 0.717) is 6.42 Å². The van der Waals surface area contributed by atoms with Gasteiger partial charge in [0, 0.05) is 6.42 Å².